The van der Waals surface area contributed by atoms with E-state index in [0.29, 0.717) is 11.3 Å². The van der Waals surface area contributed by atoms with Gasteiger partial charge in [-0.2, -0.15) is 18.3 Å². The van der Waals surface area contributed by atoms with Crippen LogP contribution < -0.4 is 5.32 Å². The number of hydrogen-bond donors (Lipinski definition) is 1. The van der Waals surface area contributed by atoms with Crippen LogP contribution in [0.2, 0.25) is 0 Å². The molecule has 134 valence electrons. The summed E-state index contributed by atoms with van der Waals surface area (Å²) in [4.78, 5) is 12.6. The van der Waals surface area contributed by atoms with Crippen molar-refractivity contribution in [2.24, 2.45) is 0 Å². The summed E-state index contributed by atoms with van der Waals surface area (Å²) < 4.78 is 40.6. The van der Waals surface area contributed by atoms with Crippen molar-refractivity contribution in [3.63, 3.8) is 0 Å². The zero-order chi connectivity index (χ0) is 18.9. The monoisotopic (exact) mass is 359 g/mol. The molecule has 0 bridgehead atoms. The summed E-state index contributed by atoms with van der Waals surface area (Å²) in [6, 6.07) is 10.1. The smallest absolute Gasteiger partial charge is 0.320 e. The third-order valence-electron chi connectivity index (χ3n) is 3.95. The highest BCUT2D eigenvalue weighted by molar-refractivity contribution is 6.06. The van der Waals surface area contributed by atoms with Crippen LogP contribution in [0, 0.1) is 13.8 Å². The lowest BCUT2D eigenvalue weighted by molar-refractivity contribution is -0.137. The first-order valence-electron chi connectivity index (χ1n) is 7.85. The van der Waals surface area contributed by atoms with Crippen LogP contribution in [0.1, 0.15) is 27.0 Å². The molecule has 4 nitrogen and oxygen atoms in total. The molecule has 1 heterocycles. The van der Waals surface area contributed by atoms with Crippen molar-refractivity contribution in [3.05, 3.63) is 77.1 Å². The summed E-state index contributed by atoms with van der Waals surface area (Å²) in [7, 11) is 0. The van der Waals surface area contributed by atoms with E-state index in [1.54, 1.807) is 31.3 Å². The fraction of sp³-hybridized carbons (Fsp3) is 0.158. The van der Waals surface area contributed by atoms with Gasteiger partial charge in [0.15, 0.2) is 0 Å². The molecule has 0 fully saturated rings. The van der Waals surface area contributed by atoms with Crippen molar-refractivity contribution in [3.8, 4) is 5.69 Å². The Morgan fingerprint density at radius 3 is 2.50 bits per heavy atom. The molecule has 0 aliphatic heterocycles. The van der Waals surface area contributed by atoms with Crippen LogP contribution >= 0.6 is 0 Å². The summed E-state index contributed by atoms with van der Waals surface area (Å²) in [5.41, 5.74) is 1.68. The van der Waals surface area contributed by atoms with Gasteiger partial charge in [0.25, 0.3) is 5.91 Å². The molecule has 0 atom stereocenters. The molecular formula is C19H16F3N3O. The highest BCUT2D eigenvalue weighted by atomic mass is 19.4. The van der Waals surface area contributed by atoms with Crippen molar-refractivity contribution < 1.29 is 18.0 Å². The average Bonchev–Trinajstić information content (AvgIpc) is 3.08. The van der Waals surface area contributed by atoms with Gasteiger partial charge in [-0.25, -0.2) is 4.68 Å². The number of hydrogen-bond acceptors (Lipinski definition) is 2. The van der Waals surface area contributed by atoms with E-state index in [-0.39, 0.29) is 5.69 Å². The number of carbonyl (C=O) groups is 1. The van der Waals surface area contributed by atoms with Gasteiger partial charge in [-0.15, -0.1) is 0 Å². The molecule has 0 unspecified atom stereocenters. The number of halogens is 3. The molecule has 0 aliphatic rings. The second-order valence-electron chi connectivity index (χ2n) is 5.95. The van der Waals surface area contributed by atoms with E-state index in [1.807, 2.05) is 13.0 Å². The Balaban J connectivity index is 2.02. The zero-order valence-electron chi connectivity index (χ0n) is 14.1. The molecule has 1 aromatic heterocycles. The van der Waals surface area contributed by atoms with Gasteiger partial charge >= 0.3 is 6.18 Å². The maximum absolute atomic E-state index is 13.1. The molecular weight excluding hydrogens is 343 g/mol. The minimum atomic E-state index is -4.51. The zero-order valence-corrected chi connectivity index (χ0v) is 14.1. The van der Waals surface area contributed by atoms with Crippen molar-refractivity contribution in [2.75, 3.05) is 5.32 Å². The minimum absolute atomic E-state index is 0.0356. The topological polar surface area (TPSA) is 46.9 Å². The van der Waals surface area contributed by atoms with Crippen molar-refractivity contribution in [1.29, 1.82) is 0 Å². The highest BCUT2D eigenvalue weighted by Gasteiger charge is 2.31. The molecule has 1 amide bonds. The number of amides is 1. The maximum atomic E-state index is 13.1. The minimum Gasteiger partial charge on any atom is -0.320 e. The van der Waals surface area contributed by atoms with Gasteiger partial charge in [-0.3, -0.25) is 4.79 Å². The van der Waals surface area contributed by atoms with E-state index in [4.69, 9.17) is 0 Å². The fourth-order valence-electron chi connectivity index (χ4n) is 2.68. The SMILES string of the molecule is Cc1ccc(C(=O)Nc2cc(C(F)(F)F)ccc2-n2cccn2)c(C)c1. The van der Waals surface area contributed by atoms with Gasteiger partial charge in [-0.05, 0) is 49.7 Å². The predicted octanol–water partition coefficient (Wildman–Crippen LogP) is 4.76. The second-order valence-corrected chi connectivity index (χ2v) is 5.95. The third-order valence-corrected chi connectivity index (χ3v) is 3.95. The number of aromatic nitrogens is 2. The summed E-state index contributed by atoms with van der Waals surface area (Å²) in [6.45, 7) is 3.68. The van der Waals surface area contributed by atoms with Crippen molar-refractivity contribution in [1.82, 2.24) is 9.78 Å². The third kappa shape index (κ3) is 3.61. The van der Waals surface area contributed by atoms with Gasteiger partial charge in [0.1, 0.15) is 0 Å². The molecule has 1 N–H and O–H groups in total. The molecule has 7 heteroatoms. The Kier molecular flexibility index (Phi) is 4.54. The lowest BCUT2D eigenvalue weighted by Gasteiger charge is -2.15. The number of anilines is 1. The summed E-state index contributed by atoms with van der Waals surface area (Å²) in [5, 5.41) is 6.62. The molecule has 0 saturated carbocycles. The quantitative estimate of drug-likeness (QED) is 0.733. The lowest BCUT2D eigenvalue weighted by atomic mass is 10.0. The number of aryl methyl sites for hydroxylation is 2. The van der Waals surface area contributed by atoms with Crippen LogP contribution in [0.15, 0.2) is 54.9 Å². The number of carbonyl (C=O) groups excluding carboxylic acids is 1. The number of alkyl halides is 3. The predicted molar refractivity (Wildman–Crippen MR) is 92.4 cm³/mol. The summed E-state index contributed by atoms with van der Waals surface area (Å²) in [5.74, 6) is -0.477. The van der Waals surface area contributed by atoms with Crippen LogP contribution in [0.25, 0.3) is 5.69 Å². The Bertz CT molecular complexity index is 947. The van der Waals surface area contributed by atoms with E-state index in [2.05, 4.69) is 10.4 Å². The second kappa shape index (κ2) is 6.67. The average molecular weight is 359 g/mol. The van der Waals surface area contributed by atoms with E-state index < -0.39 is 17.6 Å². The lowest BCUT2D eigenvalue weighted by Crippen LogP contribution is -2.16. The Hall–Kier alpha value is -3.09. The first-order chi connectivity index (χ1) is 12.3. The van der Waals surface area contributed by atoms with Gasteiger partial charge in [0, 0.05) is 18.0 Å². The summed E-state index contributed by atoms with van der Waals surface area (Å²) in [6.07, 6.45) is -1.41. The van der Waals surface area contributed by atoms with Crippen LogP contribution in [-0.4, -0.2) is 15.7 Å². The van der Waals surface area contributed by atoms with E-state index in [0.717, 1.165) is 23.3 Å². The van der Waals surface area contributed by atoms with Gasteiger partial charge < -0.3 is 5.32 Å². The number of nitrogens with zero attached hydrogens (tertiary/aromatic N) is 2. The maximum Gasteiger partial charge on any atom is 0.416 e. The molecule has 3 aromatic rings. The van der Waals surface area contributed by atoms with Gasteiger partial charge in [-0.1, -0.05) is 17.7 Å². The first-order valence-corrected chi connectivity index (χ1v) is 7.85. The molecule has 0 aliphatic carbocycles. The van der Waals surface area contributed by atoms with E-state index in [9.17, 15) is 18.0 Å². The molecule has 26 heavy (non-hydrogen) atoms. The summed E-state index contributed by atoms with van der Waals surface area (Å²) >= 11 is 0. The molecule has 0 spiro atoms. The van der Waals surface area contributed by atoms with E-state index in [1.165, 1.54) is 16.9 Å². The normalized spacial score (nSPS) is 11.4. The molecule has 0 radical (unpaired) electrons. The van der Waals surface area contributed by atoms with E-state index >= 15 is 0 Å². The highest BCUT2D eigenvalue weighted by Crippen LogP contribution is 2.33. The Morgan fingerprint density at radius 2 is 1.88 bits per heavy atom. The molecule has 3 rings (SSSR count). The first kappa shape index (κ1) is 17.7. The number of nitrogens with one attached hydrogen (secondary N) is 1. The number of rotatable bonds is 3. The Morgan fingerprint density at radius 1 is 1.12 bits per heavy atom. The Labute approximate surface area is 148 Å². The fourth-order valence-corrected chi connectivity index (χ4v) is 2.68. The van der Waals surface area contributed by atoms with Crippen LogP contribution in [0.4, 0.5) is 18.9 Å². The molecule has 0 saturated heterocycles. The van der Waals surface area contributed by atoms with Crippen molar-refractivity contribution >= 4 is 11.6 Å². The van der Waals surface area contributed by atoms with Gasteiger partial charge in [0.2, 0.25) is 0 Å². The van der Waals surface area contributed by atoms with Crippen molar-refractivity contribution in [2.45, 2.75) is 20.0 Å². The number of benzene rings is 2. The molecule has 2 aromatic carbocycles. The van der Waals surface area contributed by atoms with Crippen LogP contribution in [-0.2, 0) is 6.18 Å². The van der Waals surface area contributed by atoms with Crippen LogP contribution in [0.5, 0.6) is 0 Å². The standard InChI is InChI=1S/C19H16F3N3O/c1-12-4-6-15(13(2)10-12)18(26)24-16-11-14(19(20,21)22)5-7-17(16)25-9-3-8-23-25/h3-11H,1-2H3,(H,24,26). The largest absolute Gasteiger partial charge is 0.416 e. The van der Waals surface area contributed by atoms with Crippen LogP contribution in [0.3, 0.4) is 0 Å². The van der Waals surface area contributed by atoms with Gasteiger partial charge in [0.05, 0.1) is 16.9 Å².